The van der Waals surface area contributed by atoms with E-state index in [1.54, 1.807) is 0 Å². The highest BCUT2D eigenvalue weighted by Gasteiger charge is 2.18. The maximum absolute atomic E-state index is 11.9. The summed E-state index contributed by atoms with van der Waals surface area (Å²) < 4.78 is 10.8. The van der Waals surface area contributed by atoms with E-state index >= 15 is 0 Å². The summed E-state index contributed by atoms with van der Waals surface area (Å²) in [6.45, 7) is 3.98. The predicted octanol–water partition coefficient (Wildman–Crippen LogP) is 1.49. The number of amides is 1. The molecule has 0 spiro atoms. The second-order valence-electron chi connectivity index (χ2n) is 6.11. The van der Waals surface area contributed by atoms with Crippen LogP contribution in [-0.2, 0) is 20.8 Å². The van der Waals surface area contributed by atoms with Gasteiger partial charge in [0.25, 0.3) is 0 Å². The summed E-state index contributed by atoms with van der Waals surface area (Å²) in [5.41, 5.74) is 1.06. The molecule has 0 bridgehead atoms. The fourth-order valence-electron chi connectivity index (χ4n) is 3.04. The SMILES string of the molecule is O=C(COC1CCOC1)NCc1cccnc1N1CCCCC1. The topological polar surface area (TPSA) is 63.7 Å². The van der Waals surface area contributed by atoms with Crippen molar-refractivity contribution in [2.75, 3.05) is 37.8 Å². The van der Waals surface area contributed by atoms with E-state index in [0.717, 1.165) is 37.5 Å². The number of carbonyl (C=O) groups is 1. The molecule has 2 aliphatic rings. The maximum Gasteiger partial charge on any atom is 0.246 e. The largest absolute Gasteiger partial charge is 0.379 e. The van der Waals surface area contributed by atoms with E-state index < -0.39 is 0 Å². The van der Waals surface area contributed by atoms with Crippen LogP contribution in [0, 0.1) is 0 Å². The molecule has 0 aliphatic carbocycles. The summed E-state index contributed by atoms with van der Waals surface area (Å²) in [4.78, 5) is 18.8. The van der Waals surface area contributed by atoms with Crippen LogP contribution >= 0.6 is 0 Å². The Kier molecular flexibility index (Phi) is 5.82. The molecule has 6 heteroatoms. The first-order valence-corrected chi connectivity index (χ1v) is 8.48. The summed E-state index contributed by atoms with van der Waals surface area (Å²) in [6.07, 6.45) is 6.45. The van der Waals surface area contributed by atoms with Crippen LogP contribution in [0.5, 0.6) is 0 Å². The van der Waals surface area contributed by atoms with Gasteiger partial charge in [-0.2, -0.15) is 0 Å². The zero-order valence-electron chi connectivity index (χ0n) is 13.5. The monoisotopic (exact) mass is 319 g/mol. The minimum absolute atomic E-state index is 0.0584. The van der Waals surface area contributed by atoms with Crippen LogP contribution in [0.3, 0.4) is 0 Å². The van der Waals surface area contributed by atoms with Crippen molar-refractivity contribution in [3.05, 3.63) is 23.9 Å². The second-order valence-corrected chi connectivity index (χ2v) is 6.11. The number of ether oxygens (including phenoxy) is 2. The van der Waals surface area contributed by atoms with Gasteiger partial charge in [-0.1, -0.05) is 6.07 Å². The minimum Gasteiger partial charge on any atom is -0.379 e. The van der Waals surface area contributed by atoms with Crippen molar-refractivity contribution in [2.24, 2.45) is 0 Å². The van der Waals surface area contributed by atoms with Crippen LogP contribution in [0.15, 0.2) is 18.3 Å². The number of nitrogens with one attached hydrogen (secondary N) is 1. The number of anilines is 1. The molecule has 23 heavy (non-hydrogen) atoms. The van der Waals surface area contributed by atoms with E-state index in [0.29, 0.717) is 13.2 Å². The Morgan fingerprint density at radius 3 is 3.04 bits per heavy atom. The quantitative estimate of drug-likeness (QED) is 0.861. The number of rotatable bonds is 6. The van der Waals surface area contributed by atoms with E-state index in [1.807, 2.05) is 18.3 Å². The highest BCUT2D eigenvalue weighted by molar-refractivity contribution is 5.77. The average Bonchev–Trinajstić information content (AvgIpc) is 3.13. The highest BCUT2D eigenvalue weighted by Crippen LogP contribution is 2.21. The van der Waals surface area contributed by atoms with Gasteiger partial charge in [0.15, 0.2) is 0 Å². The number of nitrogens with zero attached hydrogens (tertiary/aromatic N) is 2. The fraction of sp³-hybridized carbons (Fsp3) is 0.647. The molecule has 1 aromatic rings. The lowest BCUT2D eigenvalue weighted by Crippen LogP contribution is -2.33. The van der Waals surface area contributed by atoms with Crippen LogP contribution in [0.2, 0.25) is 0 Å². The van der Waals surface area contributed by atoms with Crippen molar-refractivity contribution < 1.29 is 14.3 Å². The lowest BCUT2D eigenvalue weighted by Gasteiger charge is -2.29. The number of hydrogen-bond acceptors (Lipinski definition) is 5. The lowest BCUT2D eigenvalue weighted by atomic mass is 10.1. The van der Waals surface area contributed by atoms with E-state index in [9.17, 15) is 4.79 Å². The Morgan fingerprint density at radius 1 is 1.39 bits per heavy atom. The molecule has 1 atom stereocenters. The average molecular weight is 319 g/mol. The van der Waals surface area contributed by atoms with Crippen molar-refractivity contribution in [1.29, 1.82) is 0 Å². The Balaban J connectivity index is 1.50. The molecule has 126 valence electrons. The van der Waals surface area contributed by atoms with E-state index in [-0.39, 0.29) is 18.6 Å². The minimum atomic E-state index is -0.0923. The normalized spacial score (nSPS) is 21.4. The molecule has 2 aliphatic heterocycles. The van der Waals surface area contributed by atoms with Crippen molar-refractivity contribution in [1.82, 2.24) is 10.3 Å². The van der Waals surface area contributed by atoms with Gasteiger partial charge in [-0.25, -0.2) is 4.98 Å². The molecule has 6 nitrogen and oxygen atoms in total. The summed E-state index contributed by atoms with van der Waals surface area (Å²) in [5, 5.41) is 2.93. The lowest BCUT2D eigenvalue weighted by molar-refractivity contribution is -0.127. The summed E-state index contributed by atoms with van der Waals surface area (Å²) in [6, 6.07) is 3.95. The molecule has 2 saturated heterocycles. The van der Waals surface area contributed by atoms with Gasteiger partial charge >= 0.3 is 0 Å². The zero-order valence-corrected chi connectivity index (χ0v) is 13.5. The first-order valence-electron chi connectivity index (χ1n) is 8.48. The van der Waals surface area contributed by atoms with Gasteiger partial charge in [0, 0.05) is 38.0 Å². The number of hydrogen-bond donors (Lipinski definition) is 1. The van der Waals surface area contributed by atoms with E-state index in [1.165, 1.54) is 19.3 Å². The van der Waals surface area contributed by atoms with Gasteiger partial charge in [-0.15, -0.1) is 0 Å². The molecule has 0 saturated carbocycles. The third-order valence-electron chi connectivity index (χ3n) is 4.34. The first kappa shape index (κ1) is 16.2. The molecule has 2 fully saturated rings. The summed E-state index contributed by atoms with van der Waals surface area (Å²) in [5.74, 6) is 0.906. The molecule has 1 amide bonds. The number of pyridine rings is 1. The molecule has 3 rings (SSSR count). The van der Waals surface area contributed by atoms with Gasteiger partial charge in [0.1, 0.15) is 12.4 Å². The van der Waals surface area contributed by atoms with Crippen LogP contribution in [0.4, 0.5) is 5.82 Å². The van der Waals surface area contributed by atoms with Gasteiger partial charge in [-0.3, -0.25) is 4.79 Å². The molecule has 3 heterocycles. The van der Waals surface area contributed by atoms with Gasteiger partial charge in [0.2, 0.25) is 5.91 Å². The maximum atomic E-state index is 11.9. The molecule has 0 radical (unpaired) electrons. The zero-order chi connectivity index (χ0) is 15.9. The summed E-state index contributed by atoms with van der Waals surface area (Å²) in [7, 11) is 0. The van der Waals surface area contributed by atoms with Gasteiger partial charge in [0.05, 0.1) is 12.7 Å². The number of aromatic nitrogens is 1. The number of piperidine rings is 1. The predicted molar refractivity (Wildman–Crippen MR) is 87.3 cm³/mol. The Hall–Kier alpha value is -1.66. The molecule has 1 N–H and O–H groups in total. The van der Waals surface area contributed by atoms with Crippen molar-refractivity contribution in [3.8, 4) is 0 Å². The van der Waals surface area contributed by atoms with Crippen molar-refractivity contribution in [3.63, 3.8) is 0 Å². The van der Waals surface area contributed by atoms with Gasteiger partial charge in [-0.05, 0) is 31.7 Å². The van der Waals surface area contributed by atoms with E-state index in [4.69, 9.17) is 9.47 Å². The molecule has 1 aromatic heterocycles. The van der Waals surface area contributed by atoms with Crippen molar-refractivity contribution >= 4 is 11.7 Å². The Bertz CT molecular complexity index is 512. The van der Waals surface area contributed by atoms with Crippen LogP contribution < -0.4 is 10.2 Å². The smallest absolute Gasteiger partial charge is 0.246 e. The molecular weight excluding hydrogens is 294 g/mol. The van der Waals surface area contributed by atoms with E-state index in [2.05, 4.69) is 15.2 Å². The van der Waals surface area contributed by atoms with Crippen LogP contribution in [0.1, 0.15) is 31.2 Å². The van der Waals surface area contributed by atoms with Crippen LogP contribution in [0.25, 0.3) is 0 Å². The third-order valence-corrected chi connectivity index (χ3v) is 4.34. The highest BCUT2D eigenvalue weighted by atomic mass is 16.5. The fourth-order valence-corrected chi connectivity index (χ4v) is 3.04. The van der Waals surface area contributed by atoms with Crippen molar-refractivity contribution in [2.45, 2.75) is 38.3 Å². The Morgan fingerprint density at radius 2 is 2.26 bits per heavy atom. The van der Waals surface area contributed by atoms with Gasteiger partial charge < -0.3 is 19.7 Å². The molecule has 1 unspecified atom stereocenters. The first-order chi connectivity index (χ1) is 11.3. The Labute approximate surface area is 137 Å². The standard InChI is InChI=1S/C17H25N3O3/c21-16(13-23-15-6-10-22-12-15)19-11-14-5-4-7-18-17(14)20-8-2-1-3-9-20/h4-5,7,15H,1-3,6,8-13H2,(H,19,21). The third kappa shape index (κ3) is 4.65. The molecular formula is C17H25N3O3. The second kappa shape index (κ2) is 8.26. The summed E-state index contributed by atoms with van der Waals surface area (Å²) >= 11 is 0. The molecule has 0 aromatic carbocycles. The number of carbonyl (C=O) groups excluding carboxylic acids is 1. The van der Waals surface area contributed by atoms with Crippen LogP contribution in [-0.4, -0.2) is 49.9 Å².